The van der Waals surface area contributed by atoms with Crippen LogP contribution in [0.4, 0.5) is 17.5 Å². The van der Waals surface area contributed by atoms with E-state index in [-0.39, 0.29) is 40.6 Å². The molecule has 0 bridgehead atoms. The van der Waals surface area contributed by atoms with Crippen LogP contribution in [-0.2, 0) is 10.1 Å². The number of nitrogens with two attached hydrogens (primary N) is 2. The van der Waals surface area contributed by atoms with Crippen molar-refractivity contribution in [2.24, 2.45) is 17.4 Å². The molecule has 2 rings (SSSR count). The van der Waals surface area contributed by atoms with E-state index in [1.54, 1.807) is 0 Å². The molecule has 0 unspecified atom stereocenters. The van der Waals surface area contributed by atoms with Crippen LogP contribution in [0.5, 0.6) is 5.75 Å². The Kier molecular flexibility index (Phi) is 6.82. The van der Waals surface area contributed by atoms with Crippen LogP contribution in [0.3, 0.4) is 0 Å². The Morgan fingerprint density at radius 1 is 1.10 bits per heavy atom. The Morgan fingerprint density at radius 2 is 1.73 bits per heavy atom. The SMILES string of the molecule is CC(C)[C@@H](C)Nc1nc(Nc2ccc(C(N)=O)c(OS(C)(=O)=O)c2)ncc1C(N)=O. The zero-order chi connectivity index (χ0) is 22.6. The molecule has 0 aliphatic rings. The normalized spacial score (nSPS) is 12.3. The Hall–Kier alpha value is -3.41. The fourth-order valence-electron chi connectivity index (χ4n) is 2.28. The van der Waals surface area contributed by atoms with Gasteiger partial charge in [-0.25, -0.2) is 4.98 Å². The zero-order valence-electron chi connectivity index (χ0n) is 17.0. The summed E-state index contributed by atoms with van der Waals surface area (Å²) in [6, 6.07) is 4.06. The van der Waals surface area contributed by atoms with Crippen molar-refractivity contribution in [3.8, 4) is 5.75 Å². The van der Waals surface area contributed by atoms with E-state index in [1.165, 1.54) is 24.4 Å². The largest absolute Gasteiger partial charge is 0.382 e. The molecule has 1 aromatic heterocycles. The van der Waals surface area contributed by atoms with Gasteiger partial charge in [0.15, 0.2) is 5.75 Å². The van der Waals surface area contributed by atoms with Crippen molar-refractivity contribution in [3.05, 3.63) is 35.5 Å². The van der Waals surface area contributed by atoms with Crippen LogP contribution >= 0.6 is 0 Å². The third-order valence-corrected chi connectivity index (χ3v) is 4.65. The van der Waals surface area contributed by atoms with Gasteiger partial charge in [0.05, 0.1) is 17.4 Å². The second kappa shape index (κ2) is 8.95. The van der Waals surface area contributed by atoms with Gasteiger partial charge in [-0.3, -0.25) is 9.59 Å². The molecule has 0 fully saturated rings. The van der Waals surface area contributed by atoms with Crippen LogP contribution in [0.15, 0.2) is 24.4 Å². The number of aromatic nitrogens is 2. The number of hydrogen-bond donors (Lipinski definition) is 4. The topological polar surface area (TPSA) is 179 Å². The van der Waals surface area contributed by atoms with Crippen LogP contribution in [0.25, 0.3) is 0 Å². The average molecular weight is 436 g/mol. The first-order valence-electron chi connectivity index (χ1n) is 8.91. The minimum Gasteiger partial charge on any atom is -0.382 e. The van der Waals surface area contributed by atoms with Gasteiger partial charge in [-0.05, 0) is 25.0 Å². The van der Waals surface area contributed by atoms with Crippen LogP contribution < -0.4 is 26.3 Å². The van der Waals surface area contributed by atoms with Gasteiger partial charge in [0.25, 0.3) is 11.8 Å². The van der Waals surface area contributed by atoms with Crippen LogP contribution in [0, 0.1) is 5.92 Å². The number of primary amides is 2. The molecule has 1 heterocycles. The first kappa shape index (κ1) is 22.9. The van der Waals surface area contributed by atoms with Gasteiger partial charge in [-0.15, -0.1) is 0 Å². The van der Waals surface area contributed by atoms with Crippen molar-refractivity contribution in [3.63, 3.8) is 0 Å². The zero-order valence-corrected chi connectivity index (χ0v) is 17.8. The second-order valence-corrected chi connectivity index (χ2v) is 8.56. The fraction of sp³-hybridized carbons (Fsp3) is 0.333. The molecule has 0 saturated carbocycles. The van der Waals surface area contributed by atoms with E-state index in [9.17, 15) is 18.0 Å². The number of hydrogen-bond acceptors (Lipinski definition) is 9. The standard InChI is InChI=1S/C18H24N6O5S/c1-9(2)10(3)22-17-13(16(20)26)8-21-18(24-17)23-11-5-6-12(15(19)25)14(7-11)29-30(4,27)28/h5-10H,1-4H3,(H2,19,25)(H2,20,26)(H2,21,22,23,24)/t10-/m1/s1. The highest BCUT2D eigenvalue weighted by Crippen LogP contribution is 2.26. The van der Waals surface area contributed by atoms with Crippen molar-refractivity contribution in [2.45, 2.75) is 26.8 Å². The molecule has 0 aliphatic heterocycles. The van der Waals surface area contributed by atoms with Gasteiger partial charge in [-0.2, -0.15) is 13.4 Å². The highest BCUT2D eigenvalue weighted by Gasteiger charge is 2.18. The van der Waals surface area contributed by atoms with E-state index in [0.29, 0.717) is 5.69 Å². The summed E-state index contributed by atoms with van der Waals surface area (Å²) < 4.78 is 27.8. The smallest absolute Gasteiger partial charge is 0.306 e. The molecular formula is C18H24N6O5S. The number of benzene rings is 1. The summed E-state index contributed by atoms with van der Waals surface area (Å²) >= 11 is 0. The lowest BCUT2D eigenvalue weighted by Gasteiger charge is -2.20. The molecule has 0 spiro atoms. The van der Waals surface area contributed by atoms with E-state index in [2.05, 4.69) is 20.6 Å². The summed E-state index contributed by atoms with van der Waals surface area (Å²) in [5.41, 5.74) is 11.0. The molecule has 12 heteroatoms. The Labute approximate surface area is 174 Å². The van der Waals surface area contributed by atoms with Gasteiger partial charge < -0.3 is 26.3 Å². The first-order chi connectivity index (χ1) is 13.9. The molecule has 6 N–H and O–H groups in total. The maximum absolute atomic E-state index is 11.7. The molecule has 162 valence electrons. The van der Waals surface area contributed by atoms with E-state index in [0.717, 1.165) is 6.26 Å². The number of carbonyl (C=O) groups excluding carboxylic acids is 2. The van der Waals surface area contributed by atoms with Crippen LogP contribution in [0.2, 0.25) is 0 Å². The number of rotatable bonds is 9. The quantitative estimate of drug-likeness (QED) is 0.420. The lowest BCUT2D eigenvalue weighted by atomic mass is 10.1. The summed E-state index contributed by atoms with van der Waals surface area (Å²) in [6.45, 7) is 5.94. The molecule has 11 nitrogen and oxygen atoms in total. The van der Waals surface area contributed by atoms with Gasteiger partial charge in [0, 0.05) is 24.0 Å². The Bertz CT molecular complexity index is 1070. The van der Waals surface area contributed by atoms with Gasteiger partial charge in [0.2, 0.25) is 5.95 Å². The number of nitrogens with one attached hydrogen (secondary N) is 2. The molecule has 0 aliphatic carbocycles. The Balaban J connectivity index is 2.40. The molecule has 0 radical (unpaired) electrons. The lowest BCUT2D eigenvalue weighted by molar-refractivity contribution is 0.0991. The van der Waals surface area contributed by atoms with E-state index < -0.39 is 21.9 Å². The van der Waals surface area contributed by atoms with Crippen molar-refractivity contribution in [2.75, 3.05) is 16.9 Å². The Morgan fingerprint density at radius 3 is 2.27 bits per heavy atom. The molecule has 2 amide bonds. The number of carbonyl (C=O) groups is 2. The lowest BCUT2D eigenvalue weighted by Crippen LogP contribution is -2.25. The monoisotopic (exact) mass is 436 g/mol. The van der Waals surface area contributed by atoms with Crippen molar-refractivity contribution >= 4 is 39.4 Å². The second-order valence-electron chi connectivity index (χ2n) is 6.98. The van der Waals surface area contributed by atoms with Gasteiger partial charge in [0.1, 0.15) is 5.82 Å². The maximum atomic E-state index is 11.7. The van der Waals surface area contributed by atoms with Gasteiger partial charge >= 0.3 is 10.1 Å². The van der Waals surface area contributed by atoms with Crippen LogP contribution in [-0.4, -0.2) is 42.5 Å². The third-order valence-electron chi connectivity index (χ3n) is 4.16. The average Bonchev–Trinajstić information content (AvgIpc) is 2.60. The minimum absolute atomic E-state index is 0.00420. The summed E-state index contributed by atoms with van der Waals surface area (Å²) in [4.78, 5) is 31.6. The molecule has 2 aromatic rings. The predicted octanol–water partition coefficient (Wildman–Crippen LogP) is 1.21. The van der Waals surface area contributed by atoms with E-state index >= 15 is 0 Å². The van der Waals surface area contributed by atoms with E-state index in [1.807, 2.05) is 20.8 Å². The maximum Gasteiger partial charge on any atom is 0.306 e. The highest BCUT2D eigenvalue weighted by atomic mass is 32.2. The summed E-state index contributed by atoms with van der Waals surface area (Å²) in [7, 11) is -3.89. The number of nitrogens with zero attached hydrogens (tertiary/aromatic N) is 2. The van der Waals surface area contributed by atoms with E-state index in [4.69, 9.17) is 15.7 Å². The summed E-state index contributed by atoms with van der Waals surface area (Å²) in [5, 5.41) is 5.99. The molecule has 0 saturated heterocycles. The first-order valence-corrected chi connectivity index (χ1v) is 10.7. The third kappa shape index (κ3) is 6.04. The van der Waals surface area contributed by atoms with Gasteiger partial charge in [-0.1, -0.05) is 13.8 Å². The van der Waals surface area contributed by atoms with Crippen molar-refractivity contribution in [1.29, 1.82) is 0 Å². The number of amides is 2. The van der Waals surface area contributed by atoms with Crippen LogP contribution in [0.1, 0.15) is 41.5 Å². The highest BCUT2D eigenvalue weighted by molar-refractivity contribution is 7.86. The number of anilines is 3. The molecule has 30 heavy (non-hydrogen) atoms. The fourth-order valence-corrected chi connectivity index (χ4v) is 2.74. The summed E-state index contributed by atoms with van der Waals surface area (Å²) in [6.07, 6.45) is 2.12. The predicted molar refractivity (Wildman–Crippen MR) is 112 cm³/mol. The molecule has 1 aromatic carbocycles. The summed E-state index contributed by atoms with van der Waals surface area (Å²) in [5.74, 6) is -1.16. The van der Waals surface area contributed by atoms with Crippen molar-refractivity contribution < 1.29 is 22.2 Å². The molecular weight excluding hydrogens is 412 g/mol. The molecule has 1 atom stereocenters. The van der Waals surface area contributed by atoms with Crippen molar-refractivity contribution in [1.82, 2.24) is 9.97 Å². The minimum atomic E-state index is -3.89.